The molecule has 0 saturated carbocycles. The second-order valence-corrected chi connectivity index (χ2v) is 21.0. The number of cyclic esters (lactones) is 1. The van der Waals surface area contributed by atoms with Gasteiger partial charge in [-0.1, -0.05) is 111 Å². The van der Waals surface area contributed by atoms with Gasteiger partial charge in [0.05, 0.1) is 30.7 Å². The van der Waals surface area contributed by atoms with Gasteiger partial charge in [-0.2, -0.15) is 0 Å². The molecule has 3 N–H and O–H groups in total. The predicted octanol–water partition coefficient (Wildman–Crippen LogP) is 7.09. The molecule has 1 spiro atoms. The van der Waals surface area contributed by atoms with Crippen molar-refractivity contribution in [2.75, 3.05) is 38.4 Å². The van der Waals surface area contributed by atoms with Crippen molar-refractivity contribution in [3.05, 3.63) is 171 Å². The number of nitrogens with one attached hydrogen (secondary N) is 2. The van der Waals surface area contributed by atoms with Gasteiger partial charge in [-0.15, -0.1) is 0 Å². The number of piperazine rings is 1. The second kappa shape index (κ2) is 21.6. The smallest absolute Gasteiger partial charge is 0.325 e. The summed E-state index contributed by atoms with van der Waals surface area (Å²) in [6.07, 6.45) is 1.07. The van der Waals surface area contributed by atoms with Gasteiger partial charge in [0, 0.05) is 9.26 Å². The molecular formula is C58H57IN4O12. The molecule has 5 aromatic carbocycles. The Morgan fingerprint density at radius 2 is 1.49 bits per heavy atom. The van der Waals surface area contributed by atoms with Gasteiger partial charge < -0.3 is 44.3 Å². The number of rotatable bonds is 17. The van der Waals surface area contributed by atoms with Gasteiger partial charge in [0.2, 0.25) is 17.7 Å². The number of benzene rings is 5. The second-order valence-electron chi connectivity index (χ2n) is 19.8. The van der Waals surface area contributed by atoms with Crippen molar-refractivity contribution in [1.29, 1.82) is 0 Å². The number of carbonyl (C=O) groups excluding carboxylic acids is 6. The lowest BCUT2D eigenvalue weighted by Crippen LogP contribution is -2.61. The van der Waals surface area contributed by atoms with E-state index in [1.54, 1.807) is 42.5 Å². The van der Waals surface area contributed by atoms with Gasteiger partial charge in [0.1, 0.15) is 73.5 Å². The van der Waals surface area contributed by atoms with E-state index in [0.29, 0.717) is 40.3 Å². The zero-order chi connectivity index (χ0) is 52.5. The van der Waals surface area contributed by atoms with E-state index in [-0.39, 0.29) is 57.2 Å². The Balaban J connectivity index is 0.959. The maximum Gasteiger partial charge on any atom is 0.325 e. The molecule has 5 heterocycles. The monoisotopic (exact) mass is 1130 g/mol. The third-order valence-electron chi connectivity index (χ3n) is 14.9. The maximum absolute atomic E-state index is 15.2. The van der Waals surface area contributed by atoms with Gasteiger partial charge in [-0.05, 0) is 112 Å². The number of hydrogen-bond donors (Lipinski definition) is 3. The van der Waals surface area contributed by atoms with Crippen LogP contribution in [0.2, 0.25) is 0 Å². The maximum atomic E-state index is 15.2. The summed E-state index contributed by atoms with van der Waals surface area (Å²) in [5.74, 6) is -4.43. The van der Waals surface area contributed by atoms with Gasteiger partial charge in [0.15, 0.2) is 0 Å². The number of carbonyl (C=O) groups is 6. The summed E-state index contributed by atoms with van der Waals surface area (Å²) in [6.45, 7) is 7.14. The molecule has 4 fully saturated rings. The number of ether oxygens (including phenoxy) is 5. The summed E-state index contributed by atoms with van der Waals surface area (Å²) < 4.78 is 30.8. The van der Waals surface area contributed by atoms with Crippen LogP contribution in [0.15, 0.2) is 140 Å². The van der Waals surface area contributed by atoms with E-state index in [9.17, 15) is 29.1 Å². The molecule has 5 aliphatic heterocycles. The van der Waals surface area contributed by atoms with Crippen molar-refractivity contribution in [2.45, 2.75) is 74.5 Å². The molecule has 0 bridgehead atoms. The number of morpholine rings is 1. The van der Waals surface area contributed by atoms with Crippen LogP contribution in [0.3, 0.4) is 0 Å². The fraction of sp³-hybridized carbons (Fsp3) is 0.345. The van der Waals surface area contributed by atoms with E-state index < -0.39 is 83.4 Å². The molecule has 0 unspecified atom stereocenters. The lowest BCUT2D eigenvalue weighted by molar-refractivity contribution is -0.180. The molecule has 10 atom stereocenters. The number of esters is 3. The molecule has 75 heavy (non-hydrogen) atoms. The molecule has 4 saturated heterocycles. The Morgan fingerprint density at radius 3 is 2.20 bits per heavy atom. The van der Waals surface area contributed by atoms with Crippen molar-refractivity contribution < 1.29 is 57.6 Å². The van der Waals surface area contributed by atoms with E-state index in [4.69, 9.17) is 23.7 Å². The summed E-state index contributed by atoms with van der Waals surface area (Å²) in [5.41, 5.74) is 2.06. The fourth-order valence-corrected chi connectivity index (χ4v) is 12.5. The van der Waals surface area contributed by atoms with Crippen LogP contribution in [0.25, 0.3) is 0 Å². The number of fused-ring (bicyclic) bond motifs is 4. The van der Waals surface area contributed by atoms with E-state index in [2.05, 4.69) is 39.8 Å². The quantitative estimate of drug-likeness (QED) is 0.0281. The van der Waals surface area contributed by atoms with E-state index in [1.165, 1.54) is 11.0 Å². The first kappa shape index (κ1) is 51.4. The minimum atomic E-state index is -1.71. The highest BCUT2D eigenvalue weighted by molar-refractivity contribution is 14.1. The lowest BCUT2D eigenvalue weighted by Gasteiger charge is -2.46. The molecule has 10 rings (SSSR count). The van der Waals surface area contributed by atoms with Crippen LogP contribution in [0, 0.1) is 21.3 Å². The number of anilines is 1. The Labute approximate surface area is 447 Å². The molecule has 0 aromatic heterocycles. The number of halogens is 1. The number of nitrogens with zero attached hydrogens (tertiary/aromatic N) is 2. The van der Waals surface area contributed by atoms with Crippen molar-refractivity contribution in [1.82, 2.24) is 15.1 Å². The van der Waals surface area contributed by atoms with E-state index >= 15 is 4.79 Å². The molecule has 17 heteroatoms. The zero-order valence-corrected chi connectivity index (χ0v) is 43.5. The van der Waals surface area contributed by atoms with Crippen LogP contribution in [0.5, 0.6) is 11.5 Å². The fourth-order valence-electron chi connectivity index (χ4n) is 12.0. The summed E-state index contributed by atoms with van der Waals surface area (Å²) in [7, 11) is 0. The zero-order valence-electron chi connectivity index (χ0n) is 41.3. The largest absolute Gasteiger partial charge is 0.491 e. The molecule has 5 aromatic rings. The number of aliphatic hydroxyl groups is 1. The molecule has 5 aliphatic rings. The lowest BCUT2D eigenvalue weighted by atomic mass is 9.65. The highest BCUT2D eigenvalue weighted by Crippen LogP contribution is 2.65. The van der Waals surface area contributed by atoms with Gasteiger partial charge in [0.25, 0.3) is 0 Å². The van der Waals surface area contributed by atoms with Crippen molar-refractivity contribution in [2.24, 2.45) is 17.8 Å². The Morgan fingerprint density at radius 1 is 0.787 bits per heavy atom. The summed E-state index contributed by atoms with van der Waals surface area (Å²) in [4.78, 5) is 90.3. The highest BCUT2D eigenvalue weighted by Gasteiger charge is 2.74. The Bertz CT molecular complexity index is 2990. The molecule has 3 amide bonds. The Kier molecular flexibility index (Phi) is 14.8. The normalized spacial score (nSPS) is 26.7. The SMILES string of the molecule is C=CCOC(=O)[C@H]1[C@@H]2C(=O)O[C@@H](c3ccccc3)[C@@H](c3ccccc3)N2[C@@H](c2ccc(OCCOC(=O)[C@@H]3C[C@@H]4C(=O)N[C@@H](CC(C)C)C(=O)N4[C@@H]3c3cccc(OCCO)c3)cc2)[C@]12C(=O)Nc1ccc(I)cc12. The highest BCUT2D eigenvalue weighted by atomic mass is 127. The van der Waals surface area contributed by atoms with E-state index in [0.717, 1.165) is 14.7 Å². The summed E-state index contributed by atoms with van der Waals surface area (Å²) in [5, 5.41) is 15.4. The third kappa shape index (κ3) is 9.43. The first-order chi connectivity index (χ1) is 36.3. The molecular weight excluding hydrogens is 1070 g/mol. The standard InChI is InChI=1S/C58H57IN4O12/c1-4-25-73-55(68)46-49-56(69)75-50(35-14-9-6-10-15-35)48(34-12-7-5-8-13-34)63(49)51(58(46)42-31-38(59)20-23-43(42)61-57(58)70)36-18-21-39(22-19-36)72-27-28-74-54(67)41-32-45-52(65)60-44(29-33(2)3)53(66)62(45)47(41)37-16-11-17-40(30-37)71-26-24-64/h4-23,30-31,33,41,44-51,64H,1,24-29,32H2,2-3H3,(H,60,65)(H,61,70)/t41-,44+,45-,46-,47-,48-,49-,50+,51+,58-/m1/s1. The number of aliphatic hydroxyl groups excluding tert-OH is 1. The van der Waals surface area contributed by atoms with Crippen LogP contribution in [-0.2, 0) is 48.4 Å². The molecule has 388 valence electrons. The minimum Gasteiger partial charge on any atom is -0.491 e. The van der Waals surface area contributed by atoms with Crippen LogP contribution < -0.4 is 20.1 Å². The van der Waals surface area contributed by atoms with Gasteiger partial charge >= 0.3 is 17.9 Å². The van der Waals surface area contributed by atoms with Gasteiger partial charge in [-0.3, -0.25) is 33.7 Å². The number of hydrogen-bond acceptors (Lipinski definition) is 13. The van der Waals surface area contributed by atoms with Crippen molar-refractivity contribution in [3.63, 3.8) is 0 Å². The van der Waals surface area contributed by atoms with E-state index in [1.807, 2.05) is 104 Å². The van der Waals surface area contributed by atoms with Crippen LogP contribution in [0.1, 0.15) is 78.7 Å². The molecule has 0 radical (unpaired) electrons. The summed E-state index contributed by atoms with van der Waals surface area (Å²) >= 11 is 2.18. The topological polar surface area (TPSA) is 199 Å². The minimum absolute atomic E-state index is 0.0451. The molecule has 0 aliphatic carbocycles. The van der Waals surface area contributed by atoms with Crippen LogP contribution in [-0.4, -0.2) is 102 Å². The average Bonchev–Trinajstić information content (AvgIpc) is 4.27. The third-order valence-corrected chi connectivity index (χ3v) is 15.6. The van der Waals surface area contributed by atoms with Gasteiger partial charge in [-0.25, -0.2) is 0 Å². The van der Waals surface area contributed by atoms with Crippen LogP contribution >= 0.6 is 22.6 Å². The summed E-state index contributed by atoms with van der Waals surface area (Å²) in [6, 6.07) is 33.2. The van der Waals surface area contributed by atoms with Crippen LogP contribution in [0.4, 0.5) is 5.69 Å². The first-order valence-corrected chi connectivity index (χ1v) is 26.3. The Hall–Kier alpha value is -7.09. The predicted molar refractivity (Wildman–Crippen MR) is 282 cm³/mol. The molecule has 16 nitrogen and oxygen atoms in total. The van der Waals surface area contributed by atoms with Crippen molar-refractivity contribution >= 4 is 63.9 Å². The average molecular weight is 1130 g/mol. The first-order valence-electron chi connectivity index (χ1n) is 25.2. The van der Waals surface area contributed by atoms with Crippen molar-refractivity contribution in [3.8, 4) is 11.5 Å². The number of amides is 3.